The summed E-state index contributed by atoms with van der Waals surface area (Å²) in [6.07, 6.45) is 1.27. The lowest BCUT2D eigenvalue weighted by atomic mass is 9.90. The fourth-order valence-electron chi connectivity index (χ4n) is 1.99. The maximum atomic E-state index is 12.2. The van der Waals surface area contributed by atoms with Crippen LogP contribution in [0.1, 0.15) is 33.6 Å². The van der Waals surface area contributed by atoms with Crippen molar-refractivity contribution in [1.29, 1.82) is 0 Å². The smallest absolute Gasteiger partial charge is 0.180 e. The molecule has 20 heavy (non-hydrogen) atoms. The van der Waals surface area contributed by atoms with E-state index in [1.165, 1.54) is 0 Å². The van der Waals surface area contributed by atoms with Crippen molar-refractivity contribution in [1.82, 2.24) is 0 Å². The molecule has 2 N–H and O–H groups in total. The molecule has 0 saturated carbocycles. The van der Waals surface area contributed by atoms with Crippen molar-refractivity contribution in [3.8, 4) is 0 Å². The minimum Gasteiger partial charge on any atom is -0.396 e. The Bertz CT molecular complexity index is 524. The summed E-state index contributed by atoms with van der Waals surface area (Å²) < 4.78 is 24.4. The molecule has 0 unspecified atom stereocenters. The molecule has 0 aliphatic rings. The van der Waals surface area contributed by atoms with Crippen LogP contribution in [-0.4, -0.2) is 32.4 Å². The van der Waals surface area contributed by atoms with Crippen LogP contribution in [0.2, 0.25) is 0 Å². The molecule has 0 aliphatic carbocycles. The van der Waals surface area contributed by atoms with E-state index in [1.807, 2.05) is 26.8 Å². The van der Waals surface area contributed by atoms with Gasteiger partial charge in [0.15, 0.2) is 9.84 Å². The summed E-state index contributed by atoms with van der Waals surface area (Å²) in [4.78, 5) is 0.363. The molecule has 0 amide bonds. The summed E-state index contributed by atoms with van der Waals surface area (Å²) in [5.74, 6) is 0.158. The number of aliphatic hydroxyl groups is 1. The van der Waals surface area contributed by atoms with E-state index in [-0.39, 0.29) is 17.8 Å². The molecule has 0 heterocycles. The third kappa shape index (κ3) is 4.80. The number of rotatable bonds is 8. The van der Waals surface area contributed by atoms with Crippen molar-refractivity contribution < 1.29 is 13.5 Å². The molecule has 0 aromatic heterocycles. The quantitative estimate of drug-likeness (QED) is 0.774. The van der Waals surface area contributed by atoms with Gasteiger partial charge in [-0.25, -0.2) is 8.42 Å². The van der Waals surface area contributed by atoms with Crippen molar-refractivity contribution in [3.63, 3.8) is 0 Å². The van der Waals surface area contributed by atoms with Gasteiger partial charge in [0.05, 0.1) is 16.3 Å². The van der Waals surface area contributed by atoms with Gasteiger partial charge in [0, 0.05) is 13.2 Å². The van der Waals surface area contributed by atoms with Crippen LogP contribution in [0.3, 0.4) is 0 Å². The van der Waals surface area contributed by atoms with Crippen molar-refractivity contribution in [2.24, 2.45) is 5.41 Å². The normalized spacial score (nSPS) is 12.4. The van der Waals surface area contributed by atoms with Crippen LogP contribution in [0.4, 0.5) is 5.69 Å². The van der Waals surface area contributed by atoms with E-state index >= 15 is 0 Å². The van der Waals surface area contributed by atoms with Gasteiger partial charge in [-0.2, -0.15) is 0 Å². The first-order chi connectivity index (χ1) is 9.32. The number of anilines is 1. The minimum absolute atomic E-state index is 0.0869. The van der Waals surface area contributed by atoms with E-state index in [2.05, 4.69) is 5.32 Å². The number of hydrogen-bond acceptors (Lipinski definition) is 4. The zero-order valence-electron chi connectivity index (χ0n) is 12.5. The second kappa shape index (κ2) is 7.09. The van der Waals surface area contributed by atoms with Crippen molar-refractivity contribution in [2.75, 3.05) is 24.2 Å². The molecule has 4 nitrogen and oxygen atoms in total. The molecule has 1 aromatic rings. The zero-order valence-corrected chi connectivity index (χ0v) is 13.3. The van der Waals surface area contributed by atoms with Gasteiger partial charge in [0.2, 0.25) is 0 Å². The molecule has 0 atom stereocenters. The van der Waals surface area contributed by atoms with Gasteiger partial charge >= 0.3 is 0 Å². The highest BCUT2D eigenvalue weighted by molar-refractivity contribution is 7.91. The Morgan fingerprint density at radius 1 is 1.25 bits per heavy atom. The summed E-state index contributed by atoms with van der Waals surface area (Å²) in [6.45, 7) is 6.69. The van der Waals surface area contributed by atoms with Crippen molar-refractivity contribution in [2.45, 2.75) is 38.5 Å². The summed E-state index contributed by atoms with van der Waals surface area (Å²) in [5.41, 5.74) is 0.558. The van der Waals surface area contributed by atoms with Gasteiger partial charge in [0.1, 0.15) is 0 Å². The summed E-state index contributed by atoms with van der Waals surface area (Å²) in [5, 5.41) is 12.2. The van der Waals surface area contributed by atoms with Crippen molar-refractivity contribution >= 4 is 15.5 Å². The lowest BCUT2D eigenvalue weighted by Crippen LogP contribution is -2.25. The van der Waals surface area contributed by atoms with E-state index in [4.69, 9.17) is 5.11 Å². The molecular formula is C15H25NO3S. The lowest BCUT2D eigenvalue weighted by molar-refractivity contribution is 0.220. The Hall–Kier alpha value is -1.07. The van der Waals surface area contributed by atoms with Gasteiger partial charge in [-0.15, -0.1) is 0 Å². The number of aliphatic hydroxyl groups excluding tert-OH is 1. The molecule has 1 aromatic carbocycles. The number of para-hydroxylation sites is 1. The Morgan fingerprint density at radius 2 is 1.90 bits per heavy atom. The van der Waals surface area contributed by atoms with E-state index < -0.39 is 9.84 Å². The van der Waals surface area contributed by atoms with Crippen LogP contribution >= 0.6 is 0 Å². The molecule has 114 valence electrons. The predicted molar refractivity (Wildman–Crippen MR) is 82.8 cm³/mol. The maximum Gasteiger partial charge on any atom is 0.180 e. The number of benzene rings is 1. The number of hydrogen-bond donors (Lipinski definition) is 2. The highest BCUT2D eigenvalue weighted by Gasteiger charge is 2.20. The topological polar surface area (TPSA) is 66.4 Å². The molecule has 0 saturated heterocycles. The highest BCUT2D eigenvalue weighted by atomic mass is 32.2. The molecule has 0 radical (unpaired) electrons. The molecule has 1 rings (SSSR count). The summed E-state index contributed by atoms with van der Waals surface area (Å²) in [7, 11) is -3.23. The third-order valence-corrected chi connectivity index (χ3v) is 5.21. The molecule has 5 heteroatoms. The predicted octanol–water partition coefficient (Wildman–Crippen LogP) is 2.69. The Labute approximate surface area is 122 Å². The Balaban J connectivity index is 2.92. The van der Waals surface area contributed by atoms with Crippen LogP contribution in [0.15, 0.2) is 29.2 Å². The standard InChI is InChI=1S/C15H25NO3S/c1-4-11-20(18,19)14-8-6-5-7-13(14)16-12-15(2,3)9-10-17/h5-8,16-17H,4,9-12H2,1-3H3. The summed E-state index contributed by atoms with van der Waals surface area (Å²) in [6, 6.07) is 7.00. The second-order valence-corrected chi connectivity index (χ2v) is 7.88. The minimum atomic E-state index is -3.23. The van der Waals surface area contributed by atoms with Crippen LogP contribution < -0.4 is 5.32 Å². The maximum absolute atomic E-state index is 12.2. The third-order valence-electron chi connectivity index (χ3n) is 3.24. The van der Waals surface area contributed by atoms with Gasteiger partial charge in [-0.3, -0.25) is 0 Å². The van der Waals surface area contributed by atoms with Gasteiger partial charge in [-0.05, 0) is 30.4 Å². The monoisotopic (exact) mass is 299 g/mol. The fraction of sp³-hybridized carbons (Fsp3) is 0.600. The second-order valence-electron chi connectivity index (χ2n) is 5.81. The Morgan fingerprint density at radius 3 is 2.50 bits per heavy atom. The van der Waals surface area contributed by atoms with Crippen molar-refractivity contribution in [3.05, 3.63) is 24.3 Å². The van der Waals surface area contributed by atoms with Gasteiger partial charge < -0.3 is 10.4 Å². The number of sulfone groups is 1. The van der Waals surface area contributed by atoms with Gasteiger partial charge in [-0.1, -0.05) is 32.9 Å². The first-order valence-corrected chi connectivity index (χ1v) is 8.64. The van der Waals surface area contributed by atoms with Crippen LogP contribution in [-0.2, 0) is 9.84 Å². The molecule has 0 aliphatic heterocycles. The average molecular weight is 299 g/mol. The molecular weight excluding hydrogens is 274 g/mol. The SMILES string of the molecule is CCCS(=O)(=O)c1ccccc1NCC(C)(C)CCO. The molecule has 0 spiro atoms. The lowest BCUT2D eigenvalue weighted by Gasteiger charge is -2.25. The van der Waals surface area contributed by atoms with E-state index in [1.54, 1.807) is 18.2 Å². The molecule has 0 bridgehead atoms. The van der Waals surface area contributed by atoms with E-state index in [0.717, 1.165) is 0 Å². The molecule has 0 fully saturated rings. The first-order valence-electron chi connectivity index (χ1n) is 6.99. The Kier molecular flexibility index (Phi) is 6.02. The summed E-state index contributed by atoms with van der Waals surface area (Å²) >= 11 is 0. The van der Waals surface area contributed by atoms with E-state index in [0.29, 0.717) is 30.0 Å². The van der Waals surface area contributed by atoms with Gasteiger partial charge in [0.25, 0.3) is 0 Å². The number of nitrogens with one attached hydrogen (secondary N) is 1. The van der Waals surface area contributed by atoms with Crippen LogP contribution in [0, 0.1) is 5.41 Å². The van der Waals surface area contributed by atoms with Crippen LogP contribution in [0.5, 0.6) is 0 Å². The van der Waals surface area contributed by atoms with E-state index in [9.17, 15) is 8.42 Å². The van der Waals surface area contributed by atoms with Crippen LogP contribution in [0.25, 0.3) is 0 Å². The highest BCUT2D eigenvalue weighted by Crippen LogP contribution is 2.26. The average Bonchev–Trinajstić information content (AvgIpc) is 2.37. The first kappa shape index (κ1) is 17.0. The zero-order chi connectivity index (χ0) is 15.2. The fourth-order valence-corrected chi connectivity index (χ4v) is 3.51. The largest absolute Gasteiger partial charge is 0.396 e.